The van der Waals surface area contributed by atoms with Crippen molar-refractivity contribution < 1.29 is 19.1 Å². The van der Waals surface area contributed by atoms with E-state index in [-0.39, 0.29) is 11.5 Å². The number of nitrogens with one attached hydrogen (secondary N) is 1. The highest BCUT2D eigenvalue weighted by atomic mass is 16.5. The first-order valence-corrected chi connectivity index (χ1v) is 9.42. The minimum absolute atomic E-state index is 0.108. The lowest BCUT2D eigenvalue weighted by Gasteiger charge is -2.26. The van der Waals surface area contributed by atoms with Crippen LogP contribution in [0.3, 0.4) is 0 Å². The zero-order chi connectivity index (χ0) is 21.1. The fourth-order valence-corrected chi connectivity index (χ4v) is 3.14. The molecule has 0 radical (unpaired) electrons. The number of aryl methyl sites for hydroxylation is 1. The summed E-state index contributed by atoms with van der Waals surface area (Å²) in [5.41, 5.74) is 2.79. The van der Waals surface area contributed by atoms with Gasteiger partial charge in [-0.3, -0.25) is 19.9 Å². The summed E-state index contributed by atoms with van der Waals surface area (Å²) in [5.74, 6) is -0.413. The van der Waals surface area contributed by atoms with Crippen molar-refractivity contribution >= 4 is 29.6 Å². The first kappa shape index (κ1) is 20.3. The Bertz CT molecular complexity index is 997. The number of carbonyl (C=O) groups is 3. The maximum atomic E-state index is 13.0. The number of barbiturate groups is 1. The standard InChI is InChI=1S/C22H23N3O4/c1-5-29-19-10-14(4)15(11-17(19)13(2)3)12-18-20(26)24-22(28)25(21(18)27)16-6-8-23-9-7-16/h6-13H,5H2,1-4H3,(H,24,26,28)/b18-12+. The van der Waals surface area contributed by atoms with E-state index < -0.39 is 17.8 Å². The molecular formula is C22H23N3O4. The predicted octanol–water partition coefficient (Wildman–Crippen LogP) is 3.58. The highest BCUT2D eigenvalue weighted by molar-refractivity contribution is 6.39. The first-order chi connectivity index (χ1) is 13.8. The molecule has 7 nitrogen and oxygen atoms in total. The summed E-state index contributed by atoms with van der Waals surface area (Å²) in [6.45, 7) is 8.45. The molecule has 1 saturated heterocycles. The third kappa shape index (κ3) is 4.03. The number of carbonyl (C=O) groups excluding carboxylic acids is 3. The summed E-state index contributed by atoms with van der Waals surface area (Å²) in [7, 11) is 0. The van der Waals surface area contributed by atoms with Crippen LogP contribution >= 0.6 is 0 Å². The van der Waals surface area contributed by atoms with Crippen LogP contribution in [0.1, 0.15) is 43.4 Å². The Kier molecular flexibility index (Phi) is 5.77. The molecule has 1 aliphatic rings. The van der Waals surface area contributed by atoms with Crippen LogP contribution in [-0.2, 0) is 9.59 Å². The van der Waals surface area contributed by atoms with E-state index in [2.05, 4.69) is 10.3 Å². The number of pyridine rings is 1. The summed E-state index contributed by atoms with van der Waals surface area (Å²) in [6, 6.07) is 6.11. The second kappa shape index (κ2) is 8.26. The summed E-state index contributed by atoms with van der Waals surface area (Å²) in [5, 5.41) is 2.23. The van der Waals surface area contributed by atoms with E-state index >= 15 is 0 Å². The molecule has 0 spiro atoms. The molecule has 1 fully saturated rings. The molecule has 7 heteroatoms. The molecule has 1 aliphatic heterocycles. The number of hydrogen-bond donors (Lipinski definition) is 1. The van der Waals surface area contributed by atoms with Gasteiger partial charge >= 0.3 is 6.03 Å². The fraction of sp³-hybridized carbons (Fsp3) is 0.273. The Morgan fingerprint density at radius 1 is 1.17 bits per heavy atom. The van der Waals surface area contributed by atoms with Crippen molar-refractivity contribution in [2.45, 2.75) is 33.6 Å². The number of imide groups is 2. The molecule has 0 unspecified atom stereocenters. The van der Waals surface area contributed by atoms with E-state index in [9.17, 15) is 14.4 Å². The van der Waals surface area contributed by atoms with Crippen molar-refractivity contribution in [1.82, 2.24) is 10.3 Å². The number of amides is 4. The zero-order valence-corrected chi connectivity index (χ0v) is 16.9. The molecule has 2 aromatic rings. The maximum Gasteiger partial charge on any atom is 0.335 e. The molecule has 29 heavy (non-hydrogen) atoms. The quantitative estimate of drug-likeness (QED) is 0.620. The highest BCUT2D eigenvalue weighted by Crippen LogP contribution is 2.31. The van der Waals surface area contributed by atoms with Crippen LogP contribution in [0.4, 0.5) is 10.5 Å². The van der Waals surface area contributed by atoms with Crippen LogP contribution in [0, 0.1) is 6.92 Å². The third-order valence-corrected chi connectivity index (χ3v) is 4.64. The average molecular weight is 393 g/mol. The number of anilines is 1. The summed E-state index contributed by atoms with van der Waals surface area (Å²) >= 11 is 0. The number of benzene rings is 1. The molecule has 4 amide bonds. The van der Waals surface area contributed by atoms with Crippen molar-refractivity contribution in [1.29, 1.82) is 0 Å². The number of rotatable bonds is 5. The second-order valence-electron chi connectivity index (χ2n) is 7.00. The number of aromatic nitrogens is 1. The van der Waals surface area contributed by atoms with Gasteiger partial charge in [0.2, 0.25) is 0 Å². The van der Waals surface area contributed by atoms with Gasteiger partial charge in [0.25, 0.3) is 11.8 Å². The Morgan fingerprint density at radius 2 is 1.86 bits per heavy atom. The maximum absolute atomic E-state index is 13.0. The normalized spacial score (nSPS) is 15.8. The van der Waals surface area contributed by atoms with E-state index in [0.717, 1.165) is 27.3 Å². The summed E-state index contributed by atoms with van der Waals surface area (Å²) in [4.78, 5) is 42.5. The summed E-state index contributed by atoms with van der Waals surface area (Å²) in [6.07, 6.45) is 4.47. The van der Waals surface area contributed by atoms with Crippen molar-refractivity contribution in [3.63, 3.8) is 0 Å². The van der Waals surface area contributed by atoms with E-state index in [4.69, 9.17) is 4.74 Å². The van der Waals surface area contributed by atoms with Crippen LogP contribution in [0.5, 0.6) is 5.75 Å². The highest BCUT2D eigenvalue weighted by Gasteiger charge is 2.36. The molecular weight excluding hydrogens is 370 g/mol. The average Bonchev–Trinajstić information content (AvgIpc) is 2.67. The van der Waals surface area contributed by atoms with Gasteiger partial charge in [-0.25, -0.2) is 9.69 Å². The van der Waals surface area contributed by atoms with Crippen LogP contribution in [0.2, 0.25) is 0 Å². The van der Waals surface area contributed by atoms with Gasteiger partial charge in [-0.15, -0.1) is 0 Å². The monoisotopic (exact) mass is 393 g/mol. The molecule has 0 aliphatic carbocycles. The minimum Gasteiger partial charge on any atom is -0.494 e. The number of urea groups is 1. The van der Waals surface area contributed by atoms with Crippen molar-refractivity contribution in [3.8, 4) is 5.75 Å². The second-order valence-corrected chi connectivity index (χ2v) is 7.00. The van der Waals surface area contributed by atoms with E-state index in [0.29, 0.717) is 12.3 Å². The smallest absolute Gasteiger partial charge is 0.335 e. The molecule has 3 rings (SSSR count). The number of hydrogen-bond acceptors (Lipinski definition) is 5. The molecule has 0 saturated carbocycles. The third-order valence-electron chi connectivity index (χ3n) is 4.64. The van der Waals surface area contributed by atoms with Gasteiger partial charge in [-0.2, -0.15) is 0 Å². The van der Waals surface area contributed by atoms with E-state index in [1.54, 1.807) is 0 Å². The van der Waals surface area contributed by atoms with Crippen LogP contribution in [-0.4, -0.2) is 29.4 Å². The van der Waals surface area contributed by atoms with Crippen molar-refractivity contribution in [2.75, 3.05) is 11.5 Å². The van der Waals surface area contributed by atoms with Crippen LogP contribution in [0.25, 0.3) is 6.08 Å². The molecule has 2 heterocycles. The zero-order valence-electron chi connectivity index (χ0n) is 16.9. The van der Waals surface area contributed by atoms with Gasteiger partial charge < -0.3 is 4.74 Å². The van der Waals surface area contributed by atoms with Gasteiger partial charge in [-0.05, 0) is 66.8 Å². The van der Waals surface area contributed by atoms with Crippen LogP contribution < -0.4 is 15.0 Å². The van der Waals surface area contributed by atoms with Gasteiger partial charge in [0, 0.05) is 12.4 Å². The Balaban J connectivity index is 2.06. The van der Waals surface area contributed by atoms with Crippen molar-refractivity contribution in [2.24, 2.45) is 0 Å². The lowest BCUT2D eigenvalue weighted by atomic mass is 9.95. The molecule has 0 bridgehead atoms. The topological polar surface area (TPSA) is 88.6 Å². The lowest BCUT2D eigenvalue weighted by Crippen LogP contribution is -2.54. The van der Waals surface area contributed by atoms with Crippen molar-refractivity contribution in [3.05, 3.63) is 58.9 Å². The predicted molar refractivity (Wildman–Crippen MR) is 110 cm³/mol. The Labute approximate surface area is 169 Å². The molecule has 1 aromatic heterocycles. The first-order valence-electron chi connectivity index (χ1n) is 9.42. The van der Waals surface area contributed by atoms with E-state index in [1.807, 2.05) is 39.8 Å². The number of nitrogens with zero attached hydrogens (tertiary/aromatic N) is 2. The lowest BCUT2D eigenvalue weighted by molar-refractivity contribution is -0.122. The minimum atomic E-state index is -0.783. The summed E-state index contributed by atoms with van der Waals surface area (Å²) < 4.78 is 5.73. The van der Waals surface area contributed by atoms with Gasteiger partial charge in [0.15, 0.2) is 0 Å². The largest absolute Gasteiger partial charge is 0.494 e. The SMILES string of the molecule is CCOc1cc(C)c(/C=C2\C(=O)NC(=O)N(c3ccncc3)C2=O)cc1C(C)C. The van der Waals surface area contributed by atoms with Gasteiger partial charge in [-0.1, -0.05) is 13.8 Å². The van der Waals surface area contributed by atoms with Crippen LogP contribution in [0.15, 0.2) is 42.2 Å². The Hall–Kier alpha value is -3.48. The molecule has 150 valence electrons. The molecule has 0 atom stereocenters. The fourth-order valence-electron chi connectivity index (χ4n) is 3.14. The number of ether oxygens (including phenoxy) is 1. The van der Waals surface area contributed by atoms with Gasteiger partial charge in [0.1, 0.15) is 11.3 Å². The van der Waals surface area contributed by atoms with Gasteiger partial charge in [0.05, 0.1) is 12.3 Å². The Morgan fingerprint density at radius 3 is 2.48 bits per heavy atom. The molecule has 1 N–H and O–H groups in total. The molecule has 1 aromatic carbocycles. The van der Waals surface area contributed by atoms with E-state index in [1.165, 1.54) is 30.6 Å².